The third kappa shape index (κ3) is 3.91. The van der Waals surface area contributed by atoms with E-state index >= 15 is 0 Å². The van der Waals surface area contributed by atoms with Crippen LogP contribution in [0.15, 0.2) is 42.0 Å². The van der Waals surface area contributed by atoms with Crippen LogP contribution in [0.25, 0.3) is 0 Å². The van der Waals surface area contributed by atoms with Crippen molar-refractivity contribution < 1.29 is 9.59 Å². The Bertz CT molecular complexity index is 690. The molecular weight excluding hydrogens is 324 g/mol. The molecule has 1 fully saturated rings. The van der Waals surface area contributed by atoms with Crippen LogP contribution >= 0.6 is 11.3 Å². The molecule has 2 aromatic rings. The molecule has 0 spiro atoms. The molecule has 24 heavy (non-hydrogen) atoms. The van der Waals surface area contributed by atoms with Gasteiger partial charge in [-0.1, -0.05) is 6.07 Å². The maximum Gasteiger partial charge on any atom is 0.261 e. The van der Waals surface area contributed by atoms with Crippen LogP contribution in [-0.4, -0.2) is 42.0 Å². The Morgan fingerprint density at radius 1 is 1.38 bits per heavy atom. The number of anilines is 1. The summed E-state index contributed by atoms with van der Waals surface area (Å²) in [6, 6.07) is 7.00. The highest BCUT2D eigenvalue weighted by Gasteiger charge is 2.26. The van der Waals surface area contributed by atoms with Crippen molar-refractivity contribution >= 4 is 28.8 Å². The smallest absolute Gasteiger partial charge is 0.261 e. The number of hydrogen-bond acceptors (Lipinski definition) is 5. The van der Waals surface area contributed by atoms with Crippen LogP contribution in [0.5, 0.6) is 0 Å². The van der Waals surface area contributed by atoms with Gasteiger partial charge in [-0.15, -0.1) is 11.3 Å². The van der Waals surface area contributed by atoms with Crippen molar-refractivity contribution in [3.05, 3.63) is 46.9 Å². The number of nitrogens with zero attached hydrogens (tertiary/aromatic N) is 2. The van der Waals surface area contributed by atoms with E-state index < -0.39 is 6.04 Å². The Morgan fingerprint density at radius 3 is 2.96 bits per heavy atom. The van der Waals surface area contributed by atoms with Crippen molar-refractivity contribution in [1.29, 1.82) is 0 Å². The first-order valence-corrected chi connectivity index (χ1v) is 8.81. The van der Waals surface area contributed by atoms with Gasteiger partial charge >= 0.3 is 0 Å². The van der Waals surface area contributed by atoms with Crippen molar-refractivity contribution in [2.75, 3.05) is 18.0 Å². The van der Waals surface area contributed by atoms with Gasteiger partial charge in [0.1, 0.15) is 6.04 Å². The fraction of sp³-hybridized carbons (Fsp3) is 0.353. The summed E-state index contributed by atoms with van der Waals surface area (Å²) in [6.07, 6.45) is 4.46. The van der Waals surface area contributed by atoms with Crippen LogP contribution in [-0.2, 0) is 4.79 Å². The molecule has 0 aliphatic carbocycles. The van der Waals surface area contributed by atoms with E-state index in [2.05, 4.69) is 20.5 Å². The fourth-order valence-electron chi connectivity index (χ4n) is 2.72. The highest BCUT2D eigenvalue weighted by Crippen LogP contribution is 2.18. The maximum absolute atomic E-state index is 12.3. The van der Waals surface area contributed by atoms with Gasteiger partial charge < -0.3 is 15.5 Å². The first-order valence-electron chi connectivity index (χ1n) is 7.93. The van der Waals surface area contributed by atoms with E-state index in [0.29, 0.717) is 4.88 Å². The summed E-state index contributed by atoms with van der Waals surface area (Å²) in [6.45, 7) is 3.34. The quantitative estimate of drug-likeness (QED) is 0.865. The largest absolute Gasteiger partial charge is 0.368 e. The predicted octanol–water partition coefficient (Wildman–Crippen LogP) is 1.66. The lowest BCUT2D eigenvalue weighted by molar-refractivity contribution is -0.123. The summed E-state index contributed by atoms with van der Waals surface area (Å²) < 4.78 is 0. The molecule has 2 N–H and O–H groups in total. The highest BCUT2D eigenvalue weighted by molar-refractivity contribution is 7.12. The van der Waals surface area contributed by atoms with E-state index in [1.807, 2.05) is 29.8 Å². The second-order valence-electron chi connectivity index (χ2n) is 5.82. The average Bonchev–Trinajstić information content (AvgIpc) is 3.27. The SMILES string of the molecule is CC(NC(=O)c1cccs1)C(=O)NC1CCN(c2cccnc2)C1. The molecular formula is C17H20N4O2S. The number of hydrogen-bond donors (Lipinski definition) is 2. The van der Waals surface area contributed by atoms with Crippen LogP contribution < -0.4 is 15.5 Å². The van der Waals surface area contributed by atoms with E-state index in [-0.39, 0.29) is 17.9 Å². The van der Waals surface area contributed by atoms with Crippen molar-refractivity contribution in [2.45, 2.75) is 25.4 Å². The van der Waals surface area contributed by atoms with Crippen molar-refractivity contribution in [3.63, 3.8) is 0 Å². The third-order valence-corrected chi connectivity index (χ3v) is 4.90. The van der Waals surface area contributed by atoms with Crippen LogP contribution in [0, 0.1) is 0 Å². The van der Waals surface area contributed by atoms with Crippen LogP contribution in [0.1, 0.15) is 23.0 Å². The van der Waals surface area contributed by atoms with Crippen LogP contribution in [0.2, 0.25) is 0 Å². The lowest BCUT2D eigenvalue weighted by Gasteiger charge is -2.20. The van der Waals surface area contributed by atoms with Gasteiger partial charge in [-0.05, 0) is 36.9 Å². The maximum atomic E-state index is 12.3. The molecule has 2 atom stereocenters. The summed E-state index contributed by atoms with van der Waals surface area (Å²) in [5.41, 5.74) is 1.06. The normalized spacial score (nSPS) is 18.2. The number of nitrogens with one attached hydrogen (secondary N) is 2. The van der Waals surface area contributed by atoms with Gasteiger partial charge in [-0.3, -0.25) is 14.6 Å². The predicted molar refractivity (Wildman–Crippen MR) is 94.2 cm³/mol. The van der Waals surface area contributed by atoms with Gasteiger partial charge in [-0.25, -0.2) is 0 Å². The van der Waals surface area contributed by atoms with Gasteiger partial charge in [0, 0.05) is 25.3 Å². The second-order valence-corrected chi connectivity index (χ2v) is 6.77. The molecule has 7 heteroatoms. The Morgan fingerprint density at radius 2 is 2.25 bits per heavy atom. The molecule has 1 aliphatic heterocycles. The first kappa shape index (κ1) is 16.4. The molecule has 2 aromatic heterocycles. The zero-order chi connectivity index (χ0) is 16.9. The van der Waals surface area contributed by atoms with Crippen molar-refractivity contribution in [1.82, 2.24) is 15.6 Å². The molecule has 126 valence electrons. The summed E-state index contributed by atoms with van der Waals surface area (Å²) in [4.78, 5) is 31.2. The summed E-state index contributed by atoms with van der Waals surface area (Å²) in [5.74, 6) is -0.367. The first-order chi connectivity index (χ1) is 11.6. The molecule has 0 radical (unpaired) electrons. The molecule has 0 aromatic carbocycles. The van der Waals surface area contributed by atoms with Gasteiger partial charge in [0.2, 0.25) is 5.91 Å². The van der Waals surface area contributed by atoms with Gasteiger partial charge in [0.25, 0.3) is 5.91 Å². The van der Waals surface area contributed by atoms with Gasteiger partial charge in [-0.2, -0.15) is 0 Å². The van der Waals surface area contributed by atoms with E-state index in [4.69, 9.17) is 0 Å². The van der Waals surface area contributed by atoms with Gasteiger partial charge in [0.15, 0.2) is 0 Å². The summed E-state index contributed by atoms with van der Waals surface area (Å²) in [7, 11) is 0. The number of aromatic nitrogens is 1. The zero-order valence-corrected chi connectivity index (χ0v) is 14.3. The van der Waals surface area contributed by atoms with E-state index in [1.165, 1.54) is 11.3 Å². The number of thiophene rings is 1. The van der Waals surface area contributed by atoms with Gasteiger partial charge in [0.05, 0.1) is 16.8 Å². The second kappa shape index (κ2) is 7.44. The van der Waals surface area contributed by atoms with E-state index in [9.17, 15) is 9.59 Å². The Balaban J connectivity index is 1.49. The molecule has 0 bridgehead atoms. The van der Waals surface area contributed by atoms with Crippen molar-refractivity contribution in [2.24, 2.45) is 0 Å². The highest BCUT2D eigenvalue weighted by atomic mass is 32.1. The lowest BCUT2D eigenvalue weighted by Crippen LogP contribution is -2.48. The minimum absolute atomic E-state index is 0.0822. The molecule has 1 aliphatic rings. The van der Waals surface area contributed by atoms with Crippen molar-refractivity contribution in [3.8, 4) is 0 Å². The van der Waals surface area contributed by atoms with E-state index in [0.717, 1.165) is 25.2 Å². The minimum Gasteiger partial charge on any atom is -0.368 e. The molecule has 0 saturated carbocycles. The fourth-order valence-corrected chi connectivity index (χ4v) is 3.35. The summed E-state index contributed by atoms with van der Waals surface area (Å²) in [5, 5.41) is 7.59. The molecule has 2 amide bonds. The number of carbonyl (C=O) groups is 2. The monoisotopic (exact) mass is 344 g/mol. The Labute approximate surface area is 144 Å². The molecule has 2 unspecified atom stereocenters. The Kier molecular flexibility index (Phi) is 5.10. The Hall–Kier alpha value is -2.41. The molecule has 6 nitrogen and oxygen atoms in total. The average molecular weight is 344 g/mol. The standard InChI is InChI=1S/C17H20N4O2S/c1-12(19-17(23)15-5-3-9-24-15)16(22)20-13-6-8-21(11-13)14-4-2-7-18-10-14/h2-5,7,9-10,12-13H,6,8,11H2,1H3,(H,19,23)(H,20,22). The lowest BCUT2D eigenvalue weighted by atomic mass is 10.2. The number of rotatable bonds is 5. The topological polar surface area (TPSA) is 74.3 Å². The molecule has 3 heterocycles. The number of carbonyl (C=O) groups excluding carboxylic acids is 2. The summed E-state index contributed by atoms with van der Waals surface area (Å²) >= 11 is 1.36. The zero-order valence-electron chi connectivity index (χ0n) is 13.4. The van der Waals surface area contributed by atoms with E-state index in [1.54, 1.807) is 19.2 Å². The van der Waals surface area contributed by atoms with Crippen LogP contribution in [0.3, 0.4) is 0 Å². The number of amides is 2. The minimum atomic E-state index is -0.563. The van der Waals surface area contributed by atoms with Crippen LogP contribution in [0.4, 0.5) is 5.69 Å². The third-order valence-electron chi connectivity index (χ3n) is 4.03. The number of pyridine rings is 1. The molecule has 3 rings (SSSR count). The molecule has 1 saturated heterocycles.